The second-order valence-corrected chi connectivity index (χ2v) is 5.55. The summed E-state index contributed by atoms with van der Waals surface area (Å²) >= 11 is 1.75. The highest BCUT2D eigenvalue weighted by molar-refractivity contribution is 7.10. The number of aromatic hydroxyl groups is 1. The fourth-order valence-corrected chi connectivity index (χ4v) is 2.80. The molecule has 2 rings (SSSR count). The van der Waals surface area contributed by atoms with E-state index in [1.165, 1.54) is 10.4 Å². The maximum atomic E-state index is 9.92. The fourth-order valence-electron chi connectivity index (χ4n) is 1.95. The summed E-state index contributed by atoms with van der Waals surface area (Å²) in [4.78, 5) is 1.33. The lowest BCUT2D eigenvalue weighted by Gasteiger charge is -2.16. The molecule has 0 saturated carbocycles. The SMILES string of the molecule is COc1ccc(O)c(C(C)NCc2sccc2C)c1. The molecule has 2 N–H and O–H groups in total. The molecule has 1 aromatic carbocycles. The van der Waals surface area contributed by atoms with Crippen LogP contribution in [0.3, 0.4) is 0 Å². The summed E-state index contributed by atoms with van der Waals surface area (Å²) in [6.45, 7) is 4.96. The Morgan fingerprint density at radius 2 is 2.16 bits per heavy atom. The highest BCUT2D eigenvalue weighted by Crippen LogP contribution is 2.28. The minimum absolute atomic E-state index is 0.0663. The van der Waals surface area contributed by atoms with Crippen LogP contribution in [0.25, 0.3) is 0 Å². The molecule has 3 nitrogen and oxygen atoms in total. The van der Waals surface area contributed by atoms with E-state index < -0.39 is 0 Å². The number of ether oxygens (including phenoxy) is 1. The molecule has 4 heteroatoms. The number of hydrogen-bond donors (Lipinski definition) is 2. The highest BCUT2D eigenvalue weighted by atomic mass is 32.1. The van der Waals surface area contributed by atoms with Crippen molar-refractivity contribution in [3.63, 3.8) is 0 Å². The monoisotopic (exact) mass is 277 g/mol. The van der Waals surface area contributed by atoms with Crippen LogP contribution in [-0.4, -0.2) is 12.2 Å². The number of aryl methyl sites for hydroxylation is 1. The van der Waals surface area contributed by atoms with Gasteiger partial charge in [0.2, 0.25) is 0 Å². The zero-order chi connectivity index (χ0) is 13.8. The Morgan fingerprint density at radius 1 is 1.37 bits per heavy atom. The van der Waals surface area contributed by atoms with Crippen LogP contribution in [0.2, 0.25) is 0 Å². The van der Waals surface area contributed by atoms with Crippen LogP contribution in [0.4, 0.5) is 0 Å². The summed E-state index contributed by atoms with van der Waals surface area (Å²) in [5.74, 6) is 1.05. The molecule has 2 aromatic rings. The predicted octanol–water partition coefficient (Wildman–Crippen LogP) is 3.62. The van der Waals surface area contributed by atoms with Crippen molar-refractivity contribution in [1.29, 1.82) is 0 Å². The van der Waals surface area contributed by atoms with E-state index in [1.807, 2.05) is 13.0 Å². The lowest BCUT2D eigenvalue weighted by Crippen LogP contribution is -2.18. The van der Waals surface area contributed by atoms with E-state index in [1.54, 1.807) is 30.6 Å². The largest absolute Gasteiger partial charge is 0.508 e. The van der Waals surface area contributed by atoms with E-state index in [0.717, 1.165) is 17.9 Å². The van der Waals surface area contributed by atoms with Gasteiger partial charge in [-0.1, -0.05) is 0 Å². The van der Waals surface area contributed by atoms with Gasteiger partial charge in [0, 0.05) is 23.0 Å². The lowest BCUT2D eigenvalue weighted by atomic mass is 10.1. The first-order valence-corrected chi connectivity index (χ1v) is 7.13. The maximum absolute atomic E-state index is 9.92. The summed E-state index contributed by atoms with van der Waals surface area (Å²) in [6, 6.07) is 7.48. The van der Waals surface area contributed by atoms with Crippen molar-refractivity contribution in [2.45, 2.75) is 26.4 Å². The van der Waals surface area contributed by atoms with Gasteiger partial charge in [-0.15, -0.1) is 11.3 Å². The van der Waals surface area contributed by atoms with Gasteiger partial charge in [0.1, 0.15) is 11.5 Å². The van der Waals surface area contributed by atoms with Gasteiger partial charge in [0.15, 0.2) is 0 Å². The third-order valence-corrected chi connectivity index (χ3v) is 4.26. The summed E-state index contributed by atoms with van der Waals surface area (Å²) < 4.78 is 5.19. The highest BCUT2D eigenvalue weighted by Gasteiger charge is 2.12. The van der Waals surface area contributed by atoms with Gasteiger partial charge in [-0.3, -0.25) is 0 Å². The lowest BCUT2D eigenvalue weighted by molar-refractivity contribution is 0.407. The molecule has 0 aliphatic heterocycles. The Morgan fingerprint density at radius 3 is 2.79 bits per heavy atom. The Labute approximate surface area is 117 Å². The Hall–Kier alpha value is -1.52. The van der Waals surface area contributed by atoms with E-state index in [4.69, 9.17) is 4.74 Å². The van der Waals surface area contributed by atoms with Crippen LogP contribution in [-0.2, 0) is 6.54 Å². The van der Waals surface area contributed by atoms with E-state index in [2.05, 4.69) is 23.7 Å². The molecule has 0 spiro atoms. The first kappa shape index (κ1) is 13.9. The fraction of sp³-hybridized carbons (Fsp3) is 0.333. The van der Waals surface area contributed by atoms with Gasteiger partial charge < -0.3 is 15.2 Å². The number of rotatable bonds is 5. The normalized spacial score (nSPS) is 12.4. The van der Waals surface area contributed by atoms with E-state index in [9.17, 15) is 5.11 Å². The van der Waals surface area contributed by atoms with Crippen molar-refractivity contribution in [3.8, 4) is 11.5 Å². The number of phenols is 1. The topological polar surface area (TPSA) is 41.5 Å². The van der Waals surface area contributed by atoms with Gasteiger partial charge >= 0.3 is 0 Å². The number of phenolic OH excluding ortho intramolecular Hbond substituents is 1. The van der Waals surface area contributed by atoms with Crippen LogP contribution in [0.5, 0.6) is 11.5 Å². The molecule has 0 aliphatic rings. The van der Waals surface area contributed by atoms with E-state index in [-0.39, 0.29) is 6.04 Å². The van der Waals surface area contributed by atoms with Crippen molar-refractivity contribution in [3.05, 3.63) is 45.6 Å². The number of thiophene rings is 1. The second-order valence-electron chi connectivity index (χ2n) is 4.55. The summed E-state index contributed by atoms with van der Waals surface area (Å²) in [6.07, 6.45) is 0. The quantitative estimate of drug-likeness (QED) is 0.877. The van der Waals surface area contributed by atoms with Gasteiger partial charge in [-0.25, -0.2) is 0 Å². The molecular formula is C15H19NO2S. The molecular weight excluding hydrogens is 258 g/mol. The van der Waals surface area contributed by atoms with Crippen molar-refractivity contribution in [2.24, 2.45) is 0 Å². The second kappa shape index (κ2) is 6.08. The van der Waals surface area contributed by atoms with E-state index >= 15 is 0 Å². The van der Waals surface area contributed by atoms with Crippen molar-refractivity contribution in [1.82, 2.24) is 5.32 Å². The van der Waals surface area contributed by atoms with Crippen LogP contribution in [0.1, 0.15) is 29.0 Å². The molecule has 1 atom stereocenters. The zero-order valence-electron chi connectivity index (χ0n) is 11.4. The molecule has 0 aliphatic carbocycles. The Kier molecular flexibility index (Phi) is 4.45. The number of nitrogens with one attached hydrogen (secondary N) is 1. The third kappa shape index (κ3) is 3.28. The first-order valence-electron chi connectivity index (χ1n) is 6.25. The standard InChI is InChI=1S/C15H19NO2S/c1-10-6-7-19-15(10)9-16-11(2)13-8-12(18-3)4-5-14(13)17/h4-8,11,16-17H,9H2,1-3H3. The van der Waals surface area contributed by atoms with Crippen LogP contribution >= 0.6 is 11.3 Å². The average Bonchev–Trinajstić information content (AvgIpc) is 2.82. The van der Waals surface area contributed by atoms with Crippen LogP contribution < -0.4 is 10.1 Å². The molecule has 0 fully saturated rings. The number of methoxy groups -OCH3 is 1. The van der Waals surface area contributed by atoms with Crippen molar-refractivity contribution in [2.75, 3.05) is 7.11 Å². The van der Waals surface area contributed by atoms with Crippen molar-refractivity contribution < 1.29 is 9.84 Å². The molecule has 19 heavy (non-hydrogen) atoms. The molecule has 0 bridgehead atoms. The molecule has 0 saturated heterocycles. The summed E-state index contributed by atoms with van der Waals surface area (Å²) in [5.41, 5.74) is 2.16. The minimum atomic E-state index is 0.0663. The molecule has 1 heterocycles. The molecule has 102 valence electrons. The zero-order valence-corrected chi connectivity index (χ0v) is 12.3. The average molecular weight is 277 g/mol. The number of hydrogen-bond acceptors (Lipinski definition) is 4. The van der Waals surface area contributed by atoms with Gasteiger partial charge in [0.05, 0.1) is 7.11 Å². The smallest absolute Gasteiger partial charge is 0.120 e. The van der Waals surface area contributed by atoms with Crippen LogP contribution in [0, 0.1) is 6.92 Å². The Balaban J connectivity index is 2.07. The molecule has 1 unspecified atom stereocenters. The molecule has 1 aromatic heterocycles. The predicted molar refractivity (Wildman–Crippen MR) is 79.0 cm³/mol. The Bertz CT molecular complexity index is 551. The van der Waals surface area contributed by atoms with Gasteiger partial charge in [-0.05, 0) is 49.1 Å². The summed E-state index contributed by atoms with van der Waals surface area (Å²) in [5, 5.41) is 15.4. The van der Waals surface area contributed by atoms with E-state index in [0.29, 0.717) is 5.75 Å². The molecule has 0 radical (unpaired) electrons. The van der Waals surface area contributed by atoms with Crippen molar-refractivity contribution >= 4 is 11.3 Å². The van der Waals surface area contributed by atoms with Crippen LogP contribution in [0.15, 0.2) is 29.6 Å². The third-order valence-electron chi connectivity index (χ3n) is 3.24. The summed E-state index contributed by atoms with van der Waals surface area (Å²) in [7, 11) is 1.63. The van der Waals surface area contributed by atoms with Gasteiger partial charge in [-0.2, -0.15) is 0 Å². The molecule has 0 amide bonds. The first-order chi connectivity index (χ1) is 9.11. The number of benzene rings is 1. The minimum Gasteiger partial charge on any atom is -0.508 e. The van der Waals surface area contributed by atoms with Gasteiger partial charge in [0.25, 0.3) is 0 Å². The maximum Gasteiger partial charge on any atom is 0.120 e.